The van der Waals surface area contributed by atoms with Crippen molar-refractivity contribution in [1.82, 2.24) is 42.1 Å². The largest absolute Gasteiger partial charge is 0.508 e. The average Bonchev–Trinajstić information content (AvgIpc) is 3.90. The topological polar surface area (TPSA) is 507 Å². The lowest BCUT2D eigenvalue weighted by atomic mass is 10.0. The number of hydrogen-bond donors (Lipinski definition) is 14. The molecular formula is C48H70N14O15S2. The van der Waals surface area contributed by atoms with Gasteiger partial charge in [0.2, 0.25) is 65.0 Å². The third kappa shape index (κ3) is 25.2. The Morgan fingerprint density at radius 2 is 1.32 bits per heavy atom. The number of aromatic hydroxyl groups is 1. The molecule has 2 aromatic carbocycles. The number of carboxylic acid groups (broad SMARTS) is 1. The Bertz CT molecular complexity index is 2480. The van der Waals surface area contributed by atoms with E-state index in [1.807, 2.05) is 0 Å². The van der Waals surface area contributed by atoms with Gasteiger partial charge in [0.1, 0.15) is 48.0 Å². The number of benzene rings is 2. The number of primary amides is 3. The molecule has 0 bridgehead atoms. The first-order chi connectivity index (χ1) is 36.9. The number of nitrogens with two attached hydrogens (primary N) is 5. The summed E-state index contributed by atoms with van der Waals surface area (Å²) in [6, 6.07) is 4.52. The Balaban J connectivity index is 0.00000412. The highest BCUT2D eigenvalue weighted by atomic mass is 33.1. The molecule has 2 aliphatic heterocycles. The van der Waals surface area contributed by atoms with Crippen LogP contribution < -0.4 is 65.9 Å². The molecular weight excluding hydrogens is 1080 g/mol. The van der Waals surface area contributed by atoms with Gasteiger partial charge in [0.15, 0.2) is 5.96 Å². The van der Waals surface area contributed by atoms with E-state index in [-0.39, 0.29) is 80.3 Å². The van der Waals surface area contributed by atoms with Crippen molar-refractivity contribution in [2.75, 3.05) is 31.1 Å². The molecule has 2 aromatic rings. The van der Waals surface area contributed by atoms with E-state index in [9.17, 15) is 57.8 Å². The Kier molecular flexibility index (Phi) is 29.3. The van der Waals surface area contributed by atoms with Crippen molar-refractivity contribution in [2.45, 2.75) is 113 Å². The van der Waals surface area contributed by atoms with Gasteiger partial charge in [-0.15, -0.1) is 0 Å². The molecule has 11 amide bonds. The van der Waals surface area contributed by atoms with Crippen LogP contribution in [0, 0.1) is 0 Å². The summed E-state index contributed by atoms with van der Waals surface area (Å²) in [5.74, 6) is -10.6. The number of phenols is 1. The SMILES string of the molecule is CC(=O)O.NC(=O)CC[C@@H]1NC(=O)[C@H](Cc2ccccc2)NC(=O)[C@H](Cc2ccc(O)cc2)NC(=O)CCSSC[C@@H](C(=O)N2CCC[C@H]2C(=O)N[C@H](CCCN=C(N)N)C(=O)NCC(N)=O)NC(=O)[C@H](CC(N)=O)NC1=O.O. The number of aliphatic carboxylic acids is 1. The monoisotopic (exact) mass is 1150 g/mol. The number of aliphatic imine (C=N–C) groups is 1. The van der Waals surface area contributed by atoms with Gasteiger partial charge in [0, 0.05) is 57.2 Å². The lowest BCUT2D eigenvalue weighted by Gasteiger charge is -2.31. The molecule has 434 valence electrons. The molecule has 0 aliphatic carbocycles. The minimum Gasteiger partial charge on any atom is -0.508 e. The number of carbonyl (C=O) groups is 12. The number of rotatable bonds is 19. The number of carbonyl (C=O) groups excluding carboxylic acids is 11. The standard InChI is InChI=1S/C46H64N14O12S2.C2H4O2.H2O/c47-35(62)15-14-29-40(67)58-32(22-36(48)63)43(70)59-33(45(72)60-18-5-9-34(60)44(71)56-28(8-4-17-52-46(50)51)39(66)53-23-37(49)64)24-74-73-19-16-38(65)54-30(21-26-10-12-27(61)13-11-26)41(68)57-31(42(69)55-29)20-25-6-2-1-3-7-25;1-2(3)4;/h1-3,6-7,10-13,28-34,61H,4-5,8-9,14-24H2,(H2,47,62)(H2,48,63)(H2,49,64)(H,53,66)(H,54,65)(H,55,69)(H,56,71)(H,57,68)(H,58,67)(H,59,70)(H4,50,51,52);1H3,(H,3,4);1H2/t28-,29+,30+,31+,32+,33+,34+;;/m1../s1. The summed E-state index contributed by atoms with van der Waals surface area (Å²) in [7, 11) is 2.19. The maximum absolute atomic E-state index is 14.6. The molecule has 0 spiro atoms. The number of hydrogen-bond acceptors (Lipinski definition) is 16. The smallest absolute Gasteiger partial charge is 0.300 e. The molecule has 2 aliphatic rings. The fraction of sp³-hybridized carbons (Fsp3) is 0.479. The van der Waals surface area contributed by atoms with Gasteiger partial charge in [-0.3, -0.25) is 62.5 Å². The van der Waals surface area contributed by atoms with Crippen LogP contribution in [-0.4, -0.2) is 171 Å². The fourth-order valence-corrected chi connectivity index (χ4v) is 9.93. The molecule has 0 radical (unpaired) electrons. The summed E-state index contributed by atoms with van der Waals surface area (Å²) in [5.41, 5.74) is 28.1. The fourth-order valence-electron chi connectivity index (χ4n) is 7.78. The van der Waals surface area contributed by atoms with Gasteiger partial charge in [0.05, 0.1) is 13.0 Å². The van der Waals surface area contributed by atoms with Gasteiger partial charge in [-0.05, 0) is 55.4 Å². The van der Waals surface area contributed by atoms with E-state index in [4.69, 9.17) is 38.6 Å². The van der Waals surface area contributed by atoms with E-state index < -0.39 is 139 Å². The zero-order chi connectivity index (χ0) is 57.9. The molecule has 0 saturated carbocycles. The highest BCUT2D eigenvalue weighted by Crippen LogP contribution is 2.26. The van der Waals surface area contributed by atoms with Crippen molar-refractivity contribution in [1.29, 1.82) is 0 Å². The van der Waals surface area contributed by atoms with Crippen LogP contribution in [0.4, 0.5) is 0 Å². The summed E-state index contributed by atoms with van der Waals surface area (Å²) in [6.45, 7) is 0.682. The number of amides is 11. The first kappa shape index (κ1) is 66.9. The quantitative estimate of drug-likeness (QED) is 0.0271. The molecule has 0 unspecified atom stereocenters. The second-order valence-electron chi connectivity index (χ2n) is 17.9. The van der Waals surface area contributed by atoms with Crippen molar-refractivity contribution < 1.29 is 73.2 Å². The van der Waals surface area contributed by atoms with Crippen LogP contribution in [0.5, 0.6) is 5.75 Å². The summed E-state index contributed by atoms with van der Waals surface area (Å²) < 4.78 is 0. The van der Waals surface area contributed by atoms with Gasteiger partial charge in [-0.25, -0.2) is 0 Å². The molecule has 2 fully saturated rings. The second kappa shape index (κ2) is 34.6. The third-order valence-electron chi connectivity index (χ3n) is 11.5. The molecule has 31 heteroatoms. The van der Waals surface area contributed by atoms with Crippen molar-refractivity contribution in [2.24, 2.45) is 33.7 Å². The van der Waals surface area contributed by atoms with Gasteiger partial charge in [-0.2, -0.15) is 0 Å². The van der Waals surface area contributed by atoms with Crippen LogP contribution >= 0.6 is 21.6 Å². The lowest BCUT2D eigenvalue weighted by Crippen LogP contribution is -2.61. The highest BCUT2D eigenvalue weighted by Gasteiger charge is 2.40. The lowest BCUT2D eigenvalue weighted by molar-refractivity contribution is -0.142. The Morgan fingerprint density at radius 1 is 0.747 bits per heavy atom. The van der Waals surface area contributed by atoms with Gasteiger partial charge in [0.25, 0.3) is 5.97 Å². The molecule has 21 N–H and O–H groups in total. The zero-order valence-electron chi connectivity index (χ0n) is 43.2. The van der Waals surface area contributed by atoms with Gasteiger partial charge < -0.3 is 86.5 Å². The number of nitrogens with zero attached hydrogens (tertiary/aromatic N) is 2. The maximum Gasteiger partial charge on any atom is 0.300 e. The number of carboxylic acids is 1. The second-order valence-corrected chi connectivity index (χ2v) is 20.5. The molecule has 2 heterocycles. The Labute approximate surface area is 461 Å². The number of nitrogens with one attached hydrogen (secondary N) is 7. The first-order valence-corrected chi connectivity index (χ1v) is 27.0. The average molecular weight is 1150 g/mol. The minimum atomic E-state index is -1.77. The molecule has 7 atom stereocenters. The van der Waals surface area contributed by atoms with E-state index in [2.05, 4.69) is 42.2 Å². The molecule has 4 rings (SSSR count). The van der Waals surface area contributed by atoms with Crippen molar-refractivity contribution in [3.63, 3.8) is 0 Å². The predicted octanol–water partition coefficient (Wildman–Crippen LogP) is -5.08. The first-order valence-electron chi connectivity index (χ1n) is 24.5. The highest BCUT2D eigenvalue weighted by molar-refractivity contribution is 8.76. The molecule has 79 heavy (non-hydrogen) atoms. The molecule has 0 aromatic heterocycles. The minimum absolute atomic E-state index is 0. The molecule has 29 nitrogen and oxygen atoms in total. The van der Waals surface area contributed by atoms with Crippen LogP contribution in [0.3, 0.4) is 0 Å². The molecule has 2 saturated heterocycles. The number of likely N-dealkylation sites (tertiary alicyclic amines) is 1. The Hall–Kier alpha value is -8.19. The van der Waals surface area contributed by atoms with Crippen molar-refractivity contribution in [3.8, 4) is 5.75 Å². The number of guanidine groups is 1. The van der Waals surface area contributed by atoms with E-state index in [1.165, 1.54) is 17.0 Å². The van der Waals surface area contributed by atoms with Crippen LogP contribution in [0.1, 0.15) is 69.4 Å². The van der Waals surface area contributed by atoms with Crippen LogP contribution in [0.15, 0.2) is 59.6 Å². The van der Waals surface area contributed by atoms with E-state index in [1.54, 1.807) is 42.5 Å². The zero-order valence-corrected chi connectivity index (χ0v) is 44.9. The van der Waals surface area contributed by atoms with Crippen molar-refractivity contribution >= 4 is 98.5 Å². The third-order valence-corrected chi connectivity index (χ3v) is 13.9. The van der Waals surface area contributed by atoms with Crippen LogP contribution in [0.25, 0.3) is 0 Å². The van der Waals surface area contributed by atoms with Crippen molar-refractivity contribution in [3.05, 3.63) is 65.7 Å². The summed E-state index contributed by atoms with van der Waals surface area (Å²) in [6.07, 6.45) is -1.34. The Morgan fingerprint density at radius 3 is 1.91 bits per heavy atom. The van der Waals surface area contributed by atoms with E-state index >= 15 is 0 Å². The van der Waals surface area contributed by atoms with Crippen LogP contribution in [-0.2, 0) is 70.4 Å². The van der Waals surface area contributed by atoms with Gasteiger partial charge >= 0.3 is 0 Å². The predicted molar refractivity (Wildman–Crippen MR) is 289 cm³/mol. The summed E-state index contributed by atoms with van der Waals surface area (Å²) in [4.78, 5) is 162. The van der Waals surface area contributed by atoms with Gasteiger partial charge in [-0.1, -0.05) is 64.1 Å². The number of phenolic OH excluding ortho intramolecular Hbond substituents is 1. The van der Waals surface area contributed by atoms with Crippen LogP contribution in [0.2, 0.25) is 0 Å². The van der Waals surface area contributed by atoms with E-state index in [0.29, 0.717) is 17.5 Å². The summed E-state index contributed by atoms with van der Waals surface area (Å²) >= 11 is 0. The maximum atomic E-state index is 14.6. The summed E-state index contributed by atoms with van der Waals surface area (Å²) in [5, 5.41) is 35.2. The van der Waals surface area contributed by atoms with E-state index in [0.717, 1.165) is 28.5 Å². The normalized spacial score (nSPS) is 20.7.